The van der Waals surface area contributed by atoms with Crippen molar-refractivity contribution < 1.29 is 14.6 Å². The van der Waals surface area contributed by atoms with Crippen LogP contribution in [0.2, 0.25) is 0 Å². The maximum atomic E-state index is 10.8. The monoisotopic (exact) mass is 259 g/mol. The van der Waals surface area contributed by atoms with Crippen molar-refractivity contribution >= 4 is 17.3 Å². The fourth-order valence-corrected chi connectivity index (χ4v) is 1.48. The van der Waals surface area contributed by atoms with Crippen LogP contribution in [-0.4, -0.2) is 27.7 Å². The van der Waals surface area contributed by atoms with Gasteiger partial charge >= 0.3 is 5.97 Å². The number of rotatable bonds is 5. The molecule has 0 aliphatic rings. The van der Waals surface area contributed by atoms with Gasteiger partial charge in [0, 0.05) is 18.0 Å². The summed E-state index contributed by atoms with van der Waals surface area (Å²) in [7, 11) is 0. The molecular weight excluding hydrogens is 246 g/mol. The molecule has 0 bridgehead atoms. The van der Waals surface area contributed by atoms with E-state index < -0.39 is 5.97 Å². The van der Waals surface area contributed by atoms with Crippen LogP contribution in [0.15, 0.2) is 36.7 Å². The normalized spacial score (nSPS) is 9.95. The molecule has 6 heteroatoms. The molecule has 0 unspecified atom stereocenters. The Balaban J connectivity index is 2.12. The zero-order chi connectivity index (χ0) is 13.7. The van der Waals surface area contributed by atoms with Gasteiger partial charge in [0.25, 0.3) is 0 Å². The van der Waals surface area contributed by atoms with E-state index in [-0.39, 0.29) is 5.69 Å². The lowest BCUT2D eigenvalue weighted by Crippen LogP contribution is -2.01. The number of hydrogen-bond acceptors (Lipinski definition) is 5. The number of hydrogen-bond donors (Lipinski definition) is 2. The summed E-state index contributed by atoms with van der Waals surface area (Å²) in [5, 5.41) is 11.9. The van der Waals surface area contributed by atoms with Crippen LogP contribution in [0.25, 0.3) is 0 Å². The molecule has 0 radical (unpaired) electrons. The fourth-order valence-electron chi connectivity index (χ4n) is 1.48. The van der Waals surface area contributed by atoms with Gasteiger partial charge in [-0.1, -0.05) is 0 Å². The van der Waals surface area contributed by atoms with E-state index in [1.165, 1.54) is 12.3 Å². The first-order chi connectivity index (χ1) is 9.19. The van der Waals surface area contributed by atoms with E-state index in [4.69, 9.17) is 9.84 Å². The number of carboxylic acids is 1. The van der Waals surface area contributed by atoms with Crippen molar-refractivity contribution in [3.63, 3.8) is 0 Å². The molecule has 0 amide bonds. The lowest BCUT2D eigenvalue weighted by molar-refractivity contribution is 0.0690. The zero-order valence-electron chi connectivity index (χ0n) is 10.3. The van der Waals surface area contributed by atoms with Gasteiger partial charge in [-0.25, -0.2) is 14.8 Å². The summed E-state index contributed by atoms with van der Waals surface area (Å²) in [6.07, 6.45) is 3.06. The Bertz CT molecular complexity index is 570. The predicted octanol–water partition coefficient (Wildman–Crippen LogP) is 2.32. The van der Waals surface area contributed by atoms with Gasteiger partial charge in [0.05, 0.1) is 18.5 Å². The predicted molar refractivity (Wildman–Crippen MR) is 69.9 cm³/mol. The highest BCUT2D eigenvalue weighted by molar-refractivity contribution is 5.86. The van der Waals surface area contributed by atoms with Crippen molar-refractivity contribution in [1.29, 1.82) is 0 Å². The zero-order valence-corrected chi connectivity index (χ0v) is 10.3. The SMILES string of the molecule is CCOc1ccc(Nc2ccnc(C(=O)O)c2)cn1. The first kappa shape index (κ1) is 12.8. The topological polar surface area (TPSA) is 84.3 Å². The molecule has 0 atom stereocenters. The van der Waals surface area contributed by atoms with Gasteiger partial charge in [0.1, 0.15) is 5.69 Å². The maximum absolute atomic E-state index is 10.8. The van der Waals surface area contributed by atoms with Gasteiger partial charge < -0.3 is 15.2 Å². The maximum Gasteiger partial charge on any atom is 0.354 e. The van der Waals surface area contributed by atoms with Gasteiger partial charge in [-0.05, 0) is 25.1 Å². The number of aromatic carboxylic acids is 1. The second-order valence-corrected chi connectivity index (χ2v) is 3.68. The van der Waals surface area contributed by atoms with Gasteiger partial charge in [-0.2, -0.15) is 0 Å². The first-order valence-electron chi connectivity index (χ1n) is 5.74. The van der Waals surface area contributed by atoms with E-state index in [0.717, 1.165) is 5.69 Å². The summed E-state index contributed by atoms with van der Waals surface area (Å²) < 4.78 is 5.24. The molecule has 2 aromatic rings. The summed E-state index contributed by atoms with van der Waals surface area (Å²) in [6, 6.07) is 6.69. The summed E-state index contributed by atoms with van der Waals surface area (Å²) in [5.74, 6) is -0.512. The third kappa shape index (κ3) is 3.41. The highest BCUT2D eigenvalue weighted by Crippen LogP contribution is 2.18. The second-order valence-electron chi connectivity index (χ2n) is 3.68. The number of anilines is 2. The molecule has 0 aliphatic carbocycles. The molecule has 0 saturated heterocycles. The number of nitrogens with zero attached hydrogens (tertiary/aromatic N) is 2. The Morgan fingerprint density at radius 1 is 1.32 bits per heavy atom. The van der Waals surface area contributed by atoms with Gasteiger partial charge in [-0.3, -0.25) is 0 Å². The van der Waals surface area contributed by atoms with E-state index in [1.54, 1.807) is 24.4 Å². The fraction of sp³-hybridized carbons (Fsp3) is 0.154. The molecule has 0 aliphatic heterocycles. The number of ether oxygens (including phenoxy) is 1. The van der Waals surface area contributed by atoms with Crippen LogP contribution in [-0.2, 0) is 0 Å². The minimum Gasteiger partial charge on any atom is -0.478 e. The Morgan fingerprint density at radius 2 is 2.16 bits per heavy atom. The van der Waals surface area contributed by atoms with Crippen LogP contribution in [0.1, 0.15) is 17.4 Å². The minimum absolute atomic E-state index is 0.0103. The van der Waals surface area contributed by atoms with E-state index in [9.17, 15) is 4.79 Å². The summed E-state index contributed by atoms with van der Waals surface area (Å²) in [4.78, 5) is 18.7. The van der Waals surface area contributed by atoms with Crippen molar-refractivity contribution in [3.05, 3.63) is 42.4 Å². The number of carboxylic acid groups (broad SMARTS) is 1. The van der Waals surface area contributed by atoms with Crippen LogP contribution in [0.5, 0.6) is 5.88 Å². The van der Waals surface area contributed by atoms with Crippen LogP contribution in [0.3, 0.4) is 0 Å². The van der Waals surface area contributed by atoms with Crippen LogP contribution in [0.4, 0.5) is 11.4 Å². The Hall–Kier alpha value is -2.63. The average molecular weight is 259 g/mol. The van der Waals surface area contributed by atoms with Crippen molar-refractivity contribution in [1.82, 2.24) is 9.97 Å². The smallest absolute Gasteiger partial charge is 0.354 e. The lowest BCUT2D eigenvalue weighted by Gasteiger charge is -2.07. The number of pyridine rings is 2. The largest absolute Gasteiger partial charge is 0.478 e. The molecular formula is C13H13N3O3. The molecule has 0 fully saturated rings. The minimum atomic E-state index is -1.06. The van der Waals surface area contributed by atoms with Crippen molar-refractivity contribution in [2.24, 2.45) is 0 Å². The highest BCUT2D eigenvalue weighted by atomic mass is 16.5. The summed E-state index contributed by atoms with van der Waals surface area (Å²) in [5.41, 5.74) is 1.37. The van der Waals surface area contributed by atoms with Crippen LogP contribution in [0, 0.1) is 0 Å². The summed E-state index contributed by atoms with van der Waals surface area (Å²) in [6.45, 7) is 2.45. The van der Waals surface area contributed by atoms with Gasteiger partial charge in [-0.15, -0.1) is 0 Å². The molecule has 2 N–H and O–H groups in total. The molecule has 19 heavy (non-hydrogen) atoms. The van der Waals surface area contributed by atoms with E-state index in [1.807, 2.05) is 6.92 Å². The second kappa shape index (κ2) is 5.81. The van der Waals surface area contributed by atoms with Crippen LogP contribution >= 0.6 is 0 Å². The number of carbonyl (C=O) groups is 1. The van der Waals surface area contributed by atoms with Crippen LogP contribution < -0.4 is 10.1 Å². The average Bonchev–Trinajstić information content (AvgIpc) is 2.42. The molecule has 6 nitrogen and oxygen atoms in total. The molecule has 0 spiro atoms. The third-order valence-corrected chi connectivity index (χ3v) is 2.30. The van der Waals surface area contributed by atoms with Gasteiger partial charge in [0.2, 0.25) is 5.88 Å². The molecule has 2 heterocycles. The highest BCUT2D eigenvalue weighted by Gasteiger charge is 2.05. The van der Waals surface area contributed by atoms with Gasteiger partial charge in [0.15, 0.2) is 0 Å². The molecule has 98 valence electrons. The van der Waals surface area contributed by atoms with Crippen molar-refractivity contribution in [2.45, 2.75) is 6.92 Å². The molecule has 2 aromatic heterocycles. The molecule has 2 rings (SSSR count). The molecule has 0 aromatic carbocycles. The summed E-state index contributed by atoms with van der Waals surface area (Å²) >= 11 is 0. The third-order valence-electron chi connectivity index (χ3n) is 2.30. The Labute approximate surface area is 110 Å². The van der Waals surface area contributed by atoms with Crippen molar-refractivity contribution in [3.8, 4) is 5.88 Å². The molecule has 0 saturated carbocycles. The Morgan fingerprint density at radius 3 is 2.79 bits per heavy atom. The number of nitrogens with one attached hydrogen (secondary N) is 1. The van der Waals surface area contributed by atoms with E-state index in [2.05, 4.69) is 15.3 Å². The number of aromatic nitrogens is 2. The van der Waals surface area contributed by atoms with E-state index >= 15 is 0 Å². The quantitative estimate of drug-likeness (QED) is 0.857. The standard InChI is InChI=1S/C13H13N3O3/c1-2-19-12-4-3-10(8-15-12)16-9-5-6-14-11(7-9)13(17)18/h3-8H,2H2,1H3,(H,14,16)(H,17,18). The lowest BCUT2D eigenvalue weighted by atomic mass is 10.3. The van der Waals surface area contributed by atoms with Crippen molar-refractivity contribution in [2.75, 3.05) is 11.9 Å². The first-order valence-corrected chi connectivity index (χ1v) is 5.74. The van der Waals surface area contributed by atoms with E-state index in [0.29, 0.717) is 18.2 Å². The Kier molecular flexibility index (Phi) is 3.92.